The van der Waals surface area contributed by atoms with Crippen molar-refractivity contribution in [1.29, 1.82) is 0 Å². The molecular formula is C20H25N3O4. The predicted molar refractivity (Wildman–Crippen MR) is 106 cm³/mol. The highest BCUT2D eigenvalue weighted by molar-refractivity contribution is 5.96. The van der Waals surface area contributed by atoms with Gasteiger partial charge in [-0.25, -0.2) is 0 Å². The molecule has 0 atom stereocenters. The number of rotatable bonds is 8. The van der Waals surface area contributed by atoms with Crippen LogP contribution in [0.5, 0.6) is 11.5 Å². The van der Waals surface area contributed by atoms with Gasteiger partial charge in [0.1, 0.15) is 11.5 Å². The zero-order valence-corrected chi connectivity index (χ0v) is 16.0. The Bertz CT molecular complexity index is 821. The van der Waals surface area contributed by atoms with E-state index in [4.69, 9.17) is 9.47 Å². The van der Waals surface area contributed by atoms with Crippen LogP contribution in [-0.2, 0) is 9.59 Å². The van der Waals surface area contributed by atoms with Crippen molar-refractivity contribution in [2.75, 3.05) is 37.9 Å². The van der Waals surface area contributed by atoms with Gasteiger partial charge in [-0.3, -0.25) is 9.59 Å². The Balaban J connectivity index is 1.84. The zero-order valence-electron chi connectivity index (χ0n) is 16.0. The van der Waals surface area contributed by atoms with Crippen molar-refractivity contribution in [3.05, 3.63) is 47.5 Å². The summed E-state index contributed by atoms with van der Waals surface area (Å²) in [6, 6.07) is 11.1. The number of hydrogen-bond donors (Lipinski definition) is 3. The van der Waals surface area contributed by atoms with E-state index in [0.29, 0.717) is 17.2 Å². The number of benzene rings is 2. The first kappa shape index (κ1) is 20.1. The first-order chi connectivity index (χ1) is 12.9. The molecule has 0 saturated carbocycles. The van der Waals surface area contributed by atoms with Crippen LogP contribution in [0.4, 0.5) is 11.4 Å². The quantitative estimate of drug-likeness (QED) is 0.663. The molecule has 0 bridgehead atoms. The SMILES string of the molecule is COc1ccc(C)cc1NCC(=O)NCC(=O)Nc1cc(C)ccc1OC. The van der Waals surface area contributed by atoms with Crippen LogP contribution in [0.2, 0.25) is 0 Å². The molecule has 2 aromatic carbocycles. The summed E-state index contributed by atoms with van der Waals surface area (Å²) in [5, 5.41) is 8.34. The van der Waals surface area contributed by atoms with E-state index in [1.165, 1.54) is 7.11 Å². The van der Waals surface area contributed by atoms with Gasteiger partial charge < -0.3 is 25.4 Å². The van der Waals surface area contributed by atoms with Gasteiger partial charge in [0, 0.05) is 0 Å². The first-order valence-corrected chi connectivity index (χ1v) is 8.52. The maximum atomic E-state index is 12.1. The van der Waals surface area contributed by atoms with Gasteiger partial charge in [0.05, 0.1) is 38.7 Å². The summed E-state index contributed by atoms with van der Waals surface area (Å²) in [5.41, 5.74) is 3.33. The zero-order chi connectivity index (χ0) is 19.8. The topological polar surface area (TPSA) is 88.7 Å². The second-order valence-electron chi connectivity index (χ2n) is 6.09. The largest absolute Gasteiger partial charge is 0.495 e. The molecule has 0 fully saturated rings. The Morgan fingerprint density at radius 3 is 1.96 bits per heavy atom. The van der Waals surface area contributed by atoms with Crippen LogP contribution < -0.4 is 25.4 Å². The van der Waals surface area contributed by atoms with Crippen molar-refractivity contribution in [3.63, 3.8) is 0 Å². The molecule has 0 radical (unpaired) electrons. The second kappa shape index (κ2) is 9.47. The summed E-state index contributed by atoms with van der Waals surface area (Å²) < 4.78 is 10.5. The maximum absolute atomic E-state index is 12.1. The van der Waals surface area contributed by atoms with Crippen LogP contribution in [0.15, 0.2) is 36.4 Å². The number of aryl methyl sites for hydroxylation is 2. The minimum absolute atomic E-state index is 0.0286. The molecule has 0 heterocycles. The van der Waals surface area contributed by atoms with Crippen LogP contribution in [0.25, 0.3) is 0 Å². The fourth-order valence-corrected chi connectivity index (χ4v) is 2.49. The van der Waals surface area contributed by atoms with Crippen LogP contribution in [0, 0.1) is 13.8 Å². The summed E-state index contributed by atoms with van der Waals surface area (Å²) in [6.45, 7) is 3.76. The van der Waals surface area contributed by atoms with Gasteiger partial charge in [0.25, 0.3) is 0 Å². The molecule has 7 heteroatoms. The lowest BCUT2D eigenvalue weighted by Gasteiger charge is -2.13. The third-order valence-electron chi connectivity index (χ3n) is 3.87. The number of anilines is 2. The van der Waals surface area contributed by atoms with Gasteiger partial charge in [-0.05, 0) is 49.2 Å². The van der Waals surface area contributed by atoms with E-state index in [2.05, 4.69) is 16.0 Å². The van der Waals surface area contributed by atoms with Gasteiger partial charge in [-0.1, -0.05) is 12.1 Å². The number of nitrogens with one attached hydrogen (secondary N) is 3. The molecule has 0 aromatic heterocycles. The Morgan fingerprint density at radius 1 is 0.815 bits per heavy atom. The van der Waals surface area contributed by atoms with Crippen molar-refractivity contribution >= 4 is 23.2 Å². The summed E-state index contributed by atoms with van der Waals surface area (Å²) in [4.78, 5) is 24.1. The Labute approximate surface area is 159 Å². The molecule has 0 unspecified atom stereocenters. The molecule has 144 valence electrons. The van der Waals surface area contributed by atoms with Crippen molar-refractivity contribution in [2.45, 2.75) is 13.8 Å². The van der Waals surface area contributed by atoms with E-state index in [1.54, 1.807) is 13.2 Å². The highest BCUT2D eigenvalue weighted by Gasteiger charge is 2.10. The molecule has 0 aliphatic rings. The van der Waals surface area contributed by atoms with E-state index < -0.39 is 0 Å². The Hall–Kier alpha value is -3.22. The number of methoxy groups -OCH3 is 2. The number of amides is 2. The summed E-state index contributed by atoms with van der Waals surface area (Å²) in [5.74, 6) is 0.580. The molecule has 2 rings (SSSR count). The molecule has 27 heavy (non-hydrogen) atoms. The first-order valence-electron chi connectivity index (χ1n) is 8.52. The van der Waals surface area contributed by atoms with Crippen LogP contribution in [0.3, 0.4) is 0 Å². The van der Waals surface area contributed by atoms with E-state index in [0.717, 1.165) is 16.8 Å². The highest BCUT2D eigenvalue weighted by Crippen LogP contribution is 2.25. The third-order valence-corrected chi connectivity index (χ3v) is 3.87. The smallest absolute Gasteiger partial charge is 0.243 e. The van der Waals surface area contributed by atoms with E-state index in [9.17, 15) is 9.59 Å². The van der Waals surface area contributed by atoms with E-state index in [-0.39, 0.29) is 24.9 Å². The number of ether oxygens (including phenoxy) is 2. The minimum Gasteiger partial charge on any atom is -0.495 e. The fourth-order valence-electron chi connectivity index (χ4n) is 2.49. The standard InChI is InChI=1S/C20H25N3O4/c1-13-5-7-17(26-3)15(9-13)21-11-19(24)22-12-20(25)23-16-10-14(2)6-8-18(16)27-4/h5-10,21H,11-12H2,1-4H3,(H,22,24)(H,23,25). The van der Waals surface area contributed by atoms with Gasteiger partial charge in [0.2, 0.25) is 11.8 Å². The number of carbonyl (C=O) groups is 2. The molecular weight excluding hydrogens is 346 g/mol. The maximum Gasteiger partial charge on any atom is 0.243 e. The number of hydrogen-bond acceptors (Lipinski definition) is 5. The molecule has 2 aromatic rings. The molecule has 0 spiro atoms. The lowest BCUT2D eigenvalue weighted by molar-refractivity contribution is -0.122. The molecule has 2 amide bonds. The van der Waals surface area contributed by atoms with Crippen LogP contribution in [-0.4, -0.2) is 39.1 Å². The summed E-state index contributed by atoms with van der Waals surface area (Å²) in [6.07, 6.45) is 0. The van der Waals surface area contributed by atoms with Gasteiger partial charge in [-0.2, -0.15) is 0 Å². The molecule has 0 aliphatic heterocycles. The molecule has 7 nitrogen and oxygen atoms in total. The highest BCUT2D eigenvalue weighted by atomic mass is 16.5. The van der Waals surface area contributed by atoms with E-state index in [1.807, 2.05) is 44.2 Å². The van der Waals surface area contributed by atoms with Crippen molar-refractivity contribution in [3.8, 4) is 11.5 Å². The molecule has 3 N–H and O–H groups in total. The average molecular weight is 371 g/mol. The fraction of sp³-hybridized carbons (Fsp3) is 0.300. The predicted octanol–water partition coefficient (Wildman–Crippen LogP) is 2.49. The van der Waals surface area contributed by atoms with Crippen LogP contribution >= 0.6 is 0 Å². The van der Waals surface area contributed by atoms with Crippen molar-refractivity contribution in [2.24, 2.45) is 0 Å². The van der Waals surface area contributed by atoms with Gasteiger partial charge >= 0.3 is 0 Å². The Morgan fingerprint density at radius 2 is 1.37 bits per heavy atom. The van der Waals surface area contributed by atoms with Gasteiger partial charge in [-0.15, -0.1) is 0 Å². The molecule has 0 saturated heterocycles. The van der Waals surface area contributed by atoms with Crippen LogP contribution in [0.1, 0.15) is 11.1 Å². The normalized spacial score (nSPS) is 10.1. The lowest BCUT2D eigenvalue weighted by atomic mass is 10.2. The Kier molecular flexibility index (Phi) is 7.05. The van der Waals surface area contributed by atoms with E-state index >= 15 is 0 Å². The second-order valence-corrected chi connectivity index (χ2v) is 6.09. The molecule has 0 aliphatic carbocycles. The lowest BCUT2D eigenvalue weighted by Crippen LogP contribution is -2.36. The average Bonchev–Trinajstić information content (AvgIpc) is 2.65. The minimum atomic E-state index is -0.333. The van der Waals surface area contributed by atoms with Crippen molar-refractivity contribution in [1.82, 2.24) is 5.32 Å². The summed E-state index contributed by atoms with van der Waals surface area (Å²) >= 11 is 0. The van der Waals surface area contributed by atoms with Crippen molar-refractivity contribution < 1.29 is 19.1 Å². The number of carbonyl (C=O) groups excluding carboxylic acids is 2. The monoisotopic (exact) mass is 371 g/mol. The van der Waals surface area contributed by atoms with Gasteiger partial charge in [0.15, 0.2) is 0 Å². The summed E-state index contributed by atoms with van der Waals surface area (Å²) in [7, 11) is 3.10. The third kappa shape index (κ3) is 5.91.